The zero-order valence-electron chi connectivity index (χ0n) is 13.1. The van der Waals surface area contributed by atoms with Crippen molar-refractivity contribution in [2.24, 2.45) is 0 Å². The van der Waals surface area contributed by atoms with Crippen LogP contribution in [0.1, 0.15) is 0 Å². The lowest BCUT2D eigenvalue weighted by Gasteiger charge is -2.31. The highest BCUT2D eigenvalue weighted by atomic mass is 32.2. The average Bonchev–Trinajstić information content (AvgIpc) is 2.62. The van der Waals surface area contributed by atoms with Gasteiger partial charge in [0.2, 0.25) is 10.0 Å². The number of para-hydroxylation sites is 2. The van der Waals surface area contributed by atoms with E-state index < -0.39 is 10.0 Å². The van der Waals surface area contributed by atoms with Crippen molar-refractivity contribution in [3.63, 3.8) is 0 Å². The number of piperazine rings is 1. The summed E-state index contributed by atoms with van der Waals surface area (Å²) in [5.41, 5.74) is 1.09. The van der Waals surface area contributed by atoms with Gasteiger partial charge in [0.25, 0.3) is 0 Å². The summed E-state index contributed by atoms with van der Waals surface area (Å²) in [7, 11) is -1.73. The quantitative estimate of drug-likeness (QED) is 0.905. The largest absolute Gasteiger partial charge is 0.491 e. The van der Waals surface area contributed by atoms with Crippen LogP contribution in [0.4, 0.5) is 5.69 Å². The summed E-state index contributed by atoms with van der Waals surface area (Å²) in [6.07, 6.45) is 0. The Bertz CT molecular complexity index is 754. The van der Waals surface area contributed by atoms with Crippen LogP contribution in [0.2, 0.25) is 0 Å². The number of nitrogens with zero attached hydrogens (tertiary/aromatic N) is 1. The Morgan fingerprint density at radius 3 is 2.22 bits per heavy atom. The molecule has 6 heteroatoms. The number of hydrogen-bond donors (Lipinski definition) is 1. The number of methoxy groups -OCH3 is 1. The van der Waals surface area contributed by atoms with Crippen molar-refractivity contribution >= 4 is 15.7 Å². The van der Waals surface area contributed by atoms with E-state index >= 15 is 0 Å². The van der Waals surface area contributed by atoms with E-state index in [1.165, 1.54) is 4.90 Å². The van der Waals surface area contributed by atoms with Crippen LogP contribution in [0.3, 0.4) is 0 Å². The Morgan fingerprint density at radius 1 is 0.957 bits per heavy atom. The average molecular weight is 333 g/mol. The summed E-state index contributed by atoms with van der Waals surface area (Å²) in [6, 6.07) is 16.5. The highest BCUT2D eigenvalue weighted by molar-refractivity contribution is 7.89. The maximum absolute atomic E-state index is 12.6. The summed E-state index contributed by atoms with van der Waals surface area (Å²) in [5, 5.41) is 0. The maximum atomic E-state index is 12.6. The molecule has 122 valence electrons. The normalized spacial score (nSPS) is 17.1. The molecule has 0 atom stereocenters. The van der Waals surface area contributed by atoms with Crippen LogP contribution in [-0.4, -0.2) is 46.0 Å². The third kappa shape index (κ3) is 3.24. The molecule has 0 saturated carbocycles. The van der Waals surface area contributed by atoms with Gasteiger partial charge in [0.1, 0.15) is 0 Å². The molecule has 0 amide bonds. The van der Waals surface area contributed by atoms with Gasteiger partial charge >= 0.3 is 0 Å². The van der Waals surface area contributed by atoms with Crippen LogP contribution in [0.5, 0.6) is 5.75 Å². The zero-order chi connectivity index (χ0) is 16.3. The molecular formula is C17H21N2O3S+. The number of rotatable bonds is 4. The topological polar surface area (TPSA) is 51.1 Å². The molecule has 1 aliphatic heterocycles. The Morgan fingerprint density at radius 2 is 1.57 bits per heavy atom. The van der Waals surface area contributed by atoms with Crippen LogP contribution >= 0.6 is 0 Å². The molecular weight excluding hydrogens is 312 g/mol. The molecule has 0 spiro atoms. The first-order chi connectivity index (χ1) is 11.1. The van der Waals surface area contributed by atoms with Crippen LogP contribution in [-0.2, 0) is 10.0 Å². The molecule has 2 aromatic rings. The molecule has 0 radical (unpaired) electrons. The fourth-order valence-corrected chi connectivity index (χ4v) is 4.41. The van der Waals surface area contributed by atoms with Crippen molar-refractivity contribution in [2.45, 2.75) is 4.90 Å². The first kappa shape index (κ1) is 16.0. The molecule has 1 heterocycles. The molecule has 1 saturated heterocycles. The molecule has 5 nitrogen and oxygen atoms in total. The van der Waals surface area contributed by atoms with E-state index in [0.717, 1.165) is 24.5 Å². The van der Waals surface area contributed by atoms with Gasteiger partial charge in [-0.05, 0) is 18.2 Å². The fourth-order valence-electron chi connectivity index (χ4n) is 2.94. The van der Waals surface area contributed by atoms with Crippen LogP contribution in [0.15, 0.2) is 59.5 Å². The number of nitrogens with one attached hydrogen (secondary N) is 1. The van der Waals surface area contributed by atoms with Crippen LogP contribution in [0, 0.1) is 0 Å². The Balaban J connectivity index is 1.74. The number of hydrogen-bond acceptors (Lipinski definition) is 3. The number of quaternary nitrogens is 1. The molecule has 1 aliphatic rings. The van der Waals surface area contributed by atoms with E-state index in [4.69, 9.17) is 4.74 Å². The first-order valence-corrected chi connectivity index (χ1v) is 9.10. The number of benzene rings is 2. The third-order valence-corrected chi connectivity index (χ3v) is 6.11. The van der Waals surface area contributed by atoms with Gasteiger partial charge in [0, 0.05) is 6.07 Å². The lowest BCUT2D eigenvalue weighted by Crippen LogP contribution is -3.10. The third-order valence-electron chi connectivity index (χ3n) is 4.19. The predicted octanol–water partition coefficient (Wildman–Crippen LogP) is 0.916. The van der Waals surface area contributed by atoms with Crippen molar-refractivity contribution < 1.29 is 18.1 Å². The van der Waals surface area contributed by atoms with Crippen molar-refractivity contribution in [1.29, 1.82) is 0 Å². The molecule has 0 bridgehead atoms. The van der Waals surface area contributed by atoms with E-state index in [9.17, 15) is 8.42 Å². The van der Waals surface area contributed by atoms with Gasteiger partial charge < -0.3 is 4.74 Å². The SMILES string of the molecule is COc1ccccc1[NH+]1CCN(S(=O)(=O)c2ccccc2)CC1. The first-order valence-electron chi connectivity index (χ1n) is 7.66. The molecule has 1 N–H and O–H groups in total. The van der Waals surface area contributed by atoms with Crippen molar-refractivity contribution in [3.05, 3.63) is 54.6 Å². The molecule has 23 heavy (non-hydrogen) atoms. The van der Waals surface area contributed by atoms with Gasteiger partial charge in [0.15, 0.2) is 11.4 Å². The molecule has 0 aliphatic carbocycles. The Labute approximate surface area is 137 Å². The maximum Gasteiger partial charge on any atom is 0.243 e. The van der Waals surface area contributed by atoms with E-state index in [2.05, 4.69) is 0 Å². The highest BCUT2D eigenvalue weighted by Crippen LogP contribution is 2.20. The minimum Gasteiger partial charge on any atom is -0.491 e. The summed E-state index contributed by atoms with van der Waals surface area (Å²) in [6.45, 7) is 2.47. The highest BCUT2D eigenvalue weighted by Gasteiger charge is 2.31. The van der Waals surface area contributed by atoms with E-state index in [1.807, 2.05) is 30.3 Å². The summed E-state index contributed by atoms with van der Waals surface area (Å²) < 4.78 is 32.3. The predicted molar refractivity (Wildman–Crippen MR) is 88.6 cm³/mol. The summed E-state index contributed by atoms with van der Waals surface area (Å²) >= 11 is 0. The fraction of sp³-hybridized carbons (Fsp3) is 0.294. The van der Waals surface area contributed by atoms with Gasteiger partial charge in [-0.2, -0.15) is 4.31 Å². The summed E-state index contributed by atoms with van der Waals surface area (Å²) in [5.74, 6) is 0.849. The second-order valence-electron chi connectivity index (χ2n) is 5.52. The van der Waals surface area contributed by atoms with E-state index in [-0.39, 0.29) is 0 Å². The standard InChI is InChI=1S/C17H20N2O3S/c1-22-17-10-6-5-9-16(17)18-11-13-19(14-12-18)23(20,21)15-7-3-2-4-8-15/h2-10H,11-14H2,1H3/p+1. The Kier molecular flexibility index (Phi) is 4.66. The molecule has 0 aromatic heterocycles. The minimum atomic E-state index is -3.39. The van der Waals surface area contributed by atoms with Crippen LogP contribution in [0.25, 0.3) is 0 Å². The Hall–Kier alpha value is -1.89. The monoisotopic (exact) mass is 333 g/mol. The summed E-state index contributed by atoms with van der Waals surface area (Å²) in [4.78, 5) is 1.61. The molecule has 2 aromatic carbocycles. The van der Waals surface area contributed by atoms with Crippen molar-refractivity contribution in [2.75, 3.05) is 33.3 Å². The van der Waals surface area contributed by atoms with Crippen LogP contribution < -0.4 is 9.64 Å². The second kappa shape index (κ2) is 6.70. The zero-order valence-corrected chi connectivity index (χ0v) is 13.9. The van der Waals surface area contributed by atoms with Gasteiger partial charge in [0.05, 0.1) is 38.2 Å². The van der Waals surface area contributed by atoms with Crippen molar-refractivity contribution in [3.8, 4) is 5.75 Å². The lowest BCUT2D eigenvalue weighted by molar-refractivity contribution is -0.837. The van der Waals surface area contributed by atoms with Gasteiger partial charge in [-0.15, -0.1) is 0 Å². The van der Waals surface area contributed by atoms with Gasteiger partial charge in [-0.3, -0.25) is 4.90 Å². The second-order valence-corrected chi connectivity index (χ2v) is 7.46. The molecule has 3 rings (SSSR count). The van der Waals surface area contributed by atoms with E-state index in [0.29, 0.717) is 18.0 Å². The minimum absolute atomic E-state index is 0.362. The number of ether oxygens (including phenoxy) is 1. The molecule has 1 fully saturated rings. The molecule has 0 unspecified atom stereocenters. The van der Waals surface area contributed by atoms with E-state index in [1.54, 1.807) is 35.7 Å². The smallest absolute Gasteiger partial charge is 0.243 e. The number of sulfonamides is 1. The van der Waals surface area contributed by atoms with Gasteiger partial charge in [-0.25, -0.2) is 8.42 Å². The van der Waals surface area contributed by atoms with Gasteiger partial charge in [-0.1, -0.05) is 30.3 Å². The lowest BCUT2D eigenvalue weighted by atomic mass is 10.2. The van der Waals surface area contributed by atoms with Crippen molar-refractivity contribution in [1.82, 2.24) is 4.31 Å².